The standard InChI is InChI=1S/C14H23NOS/c1-10(2)9-16-7-6-15-12(4)14-8-11(3)17-13(14)5/h8,12,15H,1,6-7,9H2,2-5H3. The molecule has 96 valence electrons. The molecule has 0 saturated heterocycles. The predicted molar refractivity (Wildman–Crippen MR) is 75.8 cm³/mol. The third kappa shape index (κ3) is 5.02. The Hall–Kier alpha value is -0.640. The van der Waals surface area contributed by atoms with Crippen LogP contribution in [-0.4, -0.2) is 19.8 Å². The SMILES string of the molecule is C=C(C)COCCNC(C)c1cc(C)sc1C. The van der Waals surface area contributed by atoms with Gasteiger partial charge in [-0.15, -0.1) is 11.3 Å². The molecule has 0 aliphatic rings. The van der Waals surface area contributed by atoms with Crippen LogP contribution in [0.1, 0.15) is 35.2 Å². The number of hydrogen-bond donors (Lipinski definition) is 1. The molecule has 1 aromatic rings. The summed E-state index contributed by atoms with van der Waals surface area (Å²) >= 11 is 1.86. The highest BCUT2D eigenvalue weighted by Crippen LogP contribution is 2.25. The molecular formula is C14H23NOS. The maximum atomic E-state index is 5.46. The molecule has 1 atom stereocenters. The van der Waals surface area contributed by atoms with Crippen LogP contribution < -0.4 is 5.32 Å². The topological polar surface area (TPSA) is 21.3 Å². The number of hydrogen-bond acceptors (Lipinski definition) is 3. The van der Waals surface area contributed by atoms with Gasteiger partial charge >= 0.3 is 0 Å². The van der Waals surface area contributed by atoms with Crippen molar-refractivity contribution in [3.8, 4) is 0 Å². The molecule has 0 fully saturated rings. The first-order valence-electron chi connectivity index (χ1n) is 6.03. The van der Waals surface area contributed by atoms with Crippen molar-refractivity contribution in [2.24, 2.45) is 0 Å². The van der Waals surface area contributed by atoms with Crippen molar-refractivity contribution in [3.05, 3.63) is 33.5 Å². The molecule has 2 nitrogen and oxygen atoms in total. The molecule has 1 aromatic heterocycles. The van der Waals surface area contributed by atoms with Crippen LogP contribution in [0.15, 0.2) is 18.2 Å². The van der Waals surface area contributed by atoms with Gasteiger partial charge in [-0.1, -0.05) is 12.2 Å². The minimum atomic E-state index is 0.397. The summed E-state index contributed by atoms with van der Waals surface area (Å²) in [6.07, 6.45) is 0. The Balaban J connectivity index is 2.28. The number of nitrogens with one attached hydrogen (secondary N) is 1. The van der Waals surface area contributed by atoms with Gasteiger partial charge in [0.2, 0.25) is 0 Å². The van der Waals surface area contributed by atoms with E-state index in [4.69, 9.17) is 4.74 Å². The molecule has 0 spiro atoms. The molecule has 0 amide bonds. The third-order valence-corrected chi connectivity index (χ3v) is 3.57. The van der Waals surface area contributed by atoms with Gasteiger partial charge < -0.3 is 10.1 Å². The van der Waals surface area contributed by atoms with E-state index in [2.05, 4.69) is 38.7 Å². The van der Waals surface area contributed by atoms with E-state index in [1.54, 1.807) is 0 Å². The first-order chi connectivity index (χ1) is 8.00. The number of rotatable bonds is 7. The van der Waals surface area contributed by atoms with E-state index in [1.807, 2.05) is 18.3 Å². The average Bonchev–Trinajstić information content (AvgIpc) is 2.56. The second-order valence-corrected chi connectivity index (χ2v) is 6.01. The number of aryl methyl sites for hydroxylation is 2. The highest BCUT2D eigenvalue weighted by Gasteiger charge is 2.09. The summed E-state index contributed by atoms with van der Waals surface area (Å²) in [4.78, 5) is 2.79. The van der Waals surface area contributed by atoms with E-state index in [9.17, 15) is 0 Å². The average molecular weight is 253 g/mol. The van der Waals surface area contributed by atoms with E-state index in [0.717, 1.165) is 18.7 Å². The zero-order chi connectivity index (χ0) is 12.8. The minimum Gasteiger partial charge on any atom is -0.376 e. The highest BCUT2D eigenvalue weighted by molar-refractivity contribution is 7.12. The Morgan fingerprint density at radius 3 is 2.76 bits per heavy atom. The number of thiophene rings is 1. The van der Waals surface area contributed by atoms with Crippen LogP contribution in [0.2, 0.25) is 0 Å². The minimum absolute atomic E-state index is 0.397. The molecule has 0 bridgehead atoms. The van der Waals surface area contributed by atoms with Crippen molar-refractivity contribution in [2.45, 2.75) is 33.7 Å². The van der Waals surface area contributed by atoms with E-state index < -0.39 is 0 Å². The second kappa shape index (κ2) is 6.94. The highest BCUT2D eigenvalue weighted by atomic mass is 32.1. The van der Waals surface area contributed by atoms with Gasteiger partial charge in [-0.3, -0.25) is 0 Å². The van der Waals surface area contributed by atoms with E-state index in [1.165, 1.54) is 15.3 Å². The lowest BCUT2D eigenvalue weighted by atomic mass is 10.1. The summed E-state index contributed by atoms with van der Waals surface area (Å²) in [5, 5.41) is 3.48. The molecule has 0 aliphatic carbocycles. The summed E-state index contributed by atoms with van der Waals surface area (Å²) in [5.41, 5.74) is 2.48. The van der Waals surface area contributed by atoms with Gasteiger partial charge in [0.15, 0.2) is 0 Å². The summed E-state index contributed by atoms with van der Waals surface area (Å²) < 4.78 is 5.46. The Bertz CT molecular complexity index is 370. The van der Waals surface area contributed by atoms with Crippen LogP contribution in [0, 0.1) is 13.8 Å². The van der Waals surface area contributed by atoms with Gasteiger partial charge in [-0.2, -0.15) is 0 Å². The summed E-state index contributed by atoms with van der Waals surface area (Å²) in [5.74, 6) is 0. The van der Waals surface area contributed by atoms with Gasteiger partial charge in [0.1, 0.15) is 0 Å². The van der Waals surface area contributed by atoms with Gasteiger partial charge in [0.25, 0.3) is 0 Å². The predicted octanol–water partition coefficient (Wildman–Crippen LogP) is 3.61. The van der Waals surface area contributed by atoms with Gasteiger partial charge in [-0.25, -0.2) is 0 Å². The Morgan fingerprint density at radius 1 is 1.53 bits per heavy atom. The fourth-order valence-electron chi connectivity index (χ4n) is 1.78. The van der Waals surface area contributed by atoms with Crippen molar-refractivity contribution in [1.82, 2.24) is 5.32 Å². The Labute approximate surface area is 109 Å². The third-order valence-electron chi connectivity index (χ3n) is 2.59. The fourth-order valence-corrected chi connectivity index (χ4v) is 2.81. The maximum absolute atomic E-state index is 5.46. The summed E-state index contributed by atoms with van der Waals surface area (Å²) in [6, 6.07) is 2.67. The molecule has 0 aromatic carbocycles. The molecule has 1 unspecified atom stereocenters. The lowest BCUT2D eigenvalue weighted by Gasteiger charge is -2.14. The monoisotopic (exact) mass is 253 g/mol. The normalized spacial score (nSPS) is 12.7. The van der Waals surface area contributed by atoms with Gasteiger partial charge in [0.05, 0.1) is 13.2 Å². The van der Waals surface area contributed by atoms with Crippen molar-refractivity contribution < 1.29 is 4.74 Å². The molecule has 1 rings (SSSR count). The van der Waals surface area contributed by atoms with Crippen molar-refractivity contribution in [2.75, 3.05) is 19.8 Å². The molecule has 1 N–H and O–H groups in total. The molecule has 17 heavy (non-hydrogen) atoms. The molecule has 0 saturated carbocycles. The zero-order valence-electron chi connectivity index (χ0n) is 11.3. The zero-order valence-corrected chi connectivity index (χ0v) is 12.1. The van der Waals surface area contributed by atoms with E-state index in [-0.39, 0.29) is 0 Å². The number of ether oxygens (including phenoxy) is 1. The van der Waals surface area contributed by atoms with Crippen LogP contribution in [0.5, 0.6) is 0 Å². The van der Waals surface area contributed by atoms with Crippen molar-refractivity contribution >= 4 is 11.3 Å². The molecular weight excluding hydrogens is 230 g/mol. The van der Waals surface area contributed by atoms with E-state index >= 15 is 0 Å². The first-order valence-corrected chi connectivity index (χ1v) is 6.84. The first kappa shape index (κ1) is 14.4. The van der Waals surface area contributed by atoms with E-state index in [0.29, 0.717) is 12.6 Å². The maximum Gasteiger partial charge on any atom is 0.0672 e. The van der Waals surface area contributed by atoms with Crippen LogP contribution in [0.4, 0.5) is 0 Å². The van der Waals surface area contributed by atoms with Crippen LogP contribution in [-0.2, 0) is 4.74 Å². The quantitative estimate of drug-likeness (QED) is 0.592. The second-order valence-electron chi connectivity index (χ2n) is 4.55. The van der Waals surface area contributed by atoms with Crippen LogP contribution >= 0.6 is 11.3 Å². The van der Waals surface area contributed by atoms with Gasteiger partial charge in [-0.05, 0) is 39.3 Å². The lowest BCUT2D eigenvalue weighted by Crippen LogP contribution is -2.23. The summed E-state index contributed by atoms with van der Waals surface area (Å²) in [7, 11) is 0. The lowest BCUT2D eigenvalue weighted by molar-refractivity contribution is 0.156. The van der Waals surface area contributed by atoms with Gasteiger partial charge in [0, 0.05) is 22.3 Å². The van der Waals surface area contributed by atoms with Crippen molar-refractivity contribution in [3.63, 3.8) is 0 Å². The molecule has 0 radical (unpaired) electrons. The summed E-state index contributed by atoms with van der Waals surface area (Å²) in [6.45, 7) is 14.6. The van der Waals surface area contributed by atoms with Crippen LogP contribution in [0.25, 0.3) is 0 Å². The molecule has 1 heterocycles. The molecule has 0 aliphatic heterocycles. The fraction of sp³-hybridized carbons (Fsp3) is 0.571. The largest absolute Gasteiger partial charge is 0.376 e. The Morgan fingerprint density at radius 2 is 2.24 bits per heavy atom. The van der Waals surface area contributed by atoms with Crippen LogP contribution in [0.3, 0.4) is 0 Å². The smallest absolute Gasteiger partial charge is 0.0672 e. The molecule has 3 heteroatoms. The Kier molecular flexibility index (Phi) is 5.89. The van der Waals surface area contributed by atoms with Crippen molar-refractivity contribution in [1.29, 1.82) is 0 Å².